The quantitative estimate of drug-likeness (QED) is 0.392. The minimum absolute atomic E-state index is 0. The monoisotopic (exact) mass is 445 g/mol. The van der Waals surface area contributed by atoms with Crippen molar-refractivity contribution in [3.8, 4) is 0 Å². The van der Waals surface area contributed by atoms with Crippen LogP contribution in [0.1, 0.15) is 18.1 Å². The molecule has 0 aliphatic rings. The summed E-state index contributed by atoms with van der Waals surface area (Å²) in [5.74, 6) is 0.583. The van der Waals surface area contributed by atoms with E-state index in [1.54, 1.807) is 12.1 Å². The Morgan fingerprint density at radius 1 is 1.25 bits per heavy atom. The smallest absolute Gasteiger partial charge is 0.191 e. The Bertz CT molecular complexity index is 624. The summed E-state index contributed by atoms with van der Waals surface area (Å²) in [5, 5.41) is 10.8. The first kappa shape index (κ1) is 20.4. The van der Waals surface area contributed by atoms with Crippen molar-refractivity contribution in [2.75, 3.05) is 19.6 Å². The molecule has 0 unspecified atom stereocenters. The molecule has 5 nitrogen and oxygen atoms in total. The summed E-state index contributed by atoms with van der Waals surface area (Å²) >= 11 is 0. The number of hydrogen-bond acceptors (Lipinski definition) is 2. The van der Waals surface area contributed by atoms with E-state index in [0.29, 0.717) is 6.54 Å². The highest BCUT2D eigenvalue weighted by Crippen LogP contribution is 2.03. The van der Waals surface area contributed by atoms with Gasteiger partial charge in [0.05, 0.1) is 12.7 Å². The van der Waals surface area contributed by atoms with Gasteiger partial charge in [0.15, 0.2) is 5.96 Å². The van der Waals surface area contributed by atoms with Gasteiger partial charge in [0, 0.05) is 25.8 Å². The van der Waals surface area contributed by atoms with Crippen molar-refractivity contribution in [2.45, 2.75) is 26.8 Å². The first-order valence-corrected chi connectivity index (χ1v) is 7.93. The molecule has 0 bridgehead atoms. The van der Waals surface area contributed by atoms with Crippen LogP contribution in [0.5, 0.6) is 0 Å². The number of halogens is 2. The van der Waals surface area contributed by atoms with E-state index in [-0.39, 0.29) is 29.8 Å². The molecule has 0 saturated heterocycles. The third kappa shape index (κ3) is 7.29. The number of guanidine groups is 1. The van der Waals surface area contributed by atoms with E-state index >= 15 is 0 Å². The van der Waals surface area contributed by atoms with Crippen molar-refractivity contribution in [1.29, 1.82) is 0 Å². The number of benzene rings is 1. The molecule has 2 N–H and O–H groups in total. The van der Waals surface area contributed by atoms with Crippen molar-refractivity contribution in [2.24, 2.45) is 4.99 Å². The summed E-state index contributed by atoms with van der Waals surface area (Å²) in [4.78, 5) is 4.54. The number of aliphatic imine (C=N–C) groups is 1. The summed E-state index contributed by atoms with van der Waals surface area (Å²) in [6, 6.07) is 6.56. The zero-order valence-electron chi connectivity index (χ0n) is 14.1. The minimum Gasteiger partial charge on any atom is -0.357 e. The lowest BCUT2D eigenvalue weighted by Gasteiger charge is -2.11. The Kier molecular flexibility index (Phi) is 9.36. The number of aryl methyl sites for hydroxylation is 1. The largest absolute Gasteiger partial charge is 0.357 e. The fourth-order valence-corrected chi connectivity index (χ4v) is 2.17. The Morgan fingerprint density at radius 2 is 2.00 bits per heavy atom. The molecule has 0 aliphatic heterocycles. The lowest BCUT2D eigenvalue weighted by atomic mass is 10.1. The summed E-state index contributed by atoms with van der Waals surface area (Å²) < 4.78 is 14.8. The van der Waals surface area contributed by atoms with E-state index in [2.05, 4.69) is 20.7 Å². The van der Waals surface area contributed by atoms with Gasteiger partial charge in [-0.25, -0.2) is 4.39 Å². The molecule has 1 heterocycles. The molecule has 0 aliphatic carbocycles. The second-order valence-electron chi connectivity index (χ2n) is 5.34. The highest BCUT2D eigenvalue weighted by Gasteiger charge is 1.99. The predicted octanol–water partition coefficient (Wildman–Crippen LogP) is 2.75. The van der Waals surface area contributed by atoms with Gasteiger partial charge in [-0.2, -0.15) is 5.10 Å². The van der Waals surface area contributed by atoms with Crippen LogP contribution in [0.2, 0.25) is 0 Å². The van der Waals surface area contributed by atoms with E-state index in [0.717, 1.165) is 43.1 Å². The molecule has 132 valence electrons. The van der Waals surface area contributed by atoms with Crippen molar-refractivity contribution in [3.05, 3.63) is 53.6 Å². The third-order valence-electron chi connectivity index (χ3n) is 3.32. The minimum atomic E-state index is -0.207. The summed E-state index contributed by atoms with van der Waals surface area (Å²) in [7, 11) is 0. The molecular weight excluding hydrogens is 420 g/mol. The molecular formula is C17H25FIN5. The van der Waals surface area contributed by atoms with Gasteiger partial charge in [-0.15, -0.1) is 24.0 Å². The SMILES string of the molecule is CCNC(=NCCc1ccc(F)cc1)NCCn1cc(C)cn1.I. The maximum Gasteiger partial charge on any atom is 0.191 e. The van der Waals surface area contributed by atoms with Crippen LogP contribution in [-0.2, 0) is 13.0 Å². The molecule has 0 spiro atoms. The molecule has 0 saturated carbocycles. The fraction of sp³-hybridized carbons (Fsp3) is 0.412. The van der Waals surface area contributed by atoms with Crippen LogP contribution in [0.3, 0.4) is 0 Å². The van der Waals surface area contributed by atoms with E-state index in [4.69, 9.17) is 0 Å². The number of nitrogens with zero attached hydrogens (tertiary/aromatic N) is 3. The highest BCUT2D eigenvalue weighted by atomic mass is 127. The van der Waals surface area contributed by atoms with Crippen LogP contribution in [0.25, 0.3) is 0 Å². The Morgan fingerprint density at radius 3 is 2.62 bits per heavy atom. The van der Waals surface area contributed by atoms with Crippen LogP contribution in [0.4, 0.5) is 4.39 Å². The Labute approximate surface area is 159 Å². The van der Waals surface area contributed by atoms with Gasteiger partial charge in [0.25, 0.3) is 0 Å². The normalized spacial score (nSPS) is 11.0. The molecule has 0 amide bonds. The lowest BCUT2D eigenvalue weighted by molar-refractivity contribution is 0.597. The van der Waals surface area contributed by atoms with Gasteiger partial charge in [-0.05, 0) is 43.5 Å². The van der Waals surface area contributed by atoms with Gasteiger partial charge < -0.3 is 10.6 Å². The van der Waals surface area contributed by atoms with Crippen molar-refractivity contribution >= 4 is 29.9 Å². The Hall–Kier alpha value is -1.64. The van der Waals surface area contributed by atoms with E-state index in [1.165, 1.54) is 12.1 Å². The number of nitrogens with one attached hydrogen (secondary N) is 2. The van der Waals surface area contributed by atoms with E-state index in [1.807, 2.05) is 30.9 Å². The first-order valence-electron chi connectivity index (χ1n) is 7.93. The highest BCUT2D eigenvalue weighted by molar-refractivity contribution is 14.0. The van der Waals surface area contributed by atoms with Crippen LogP contribution in [-0.4, -0.2) is 35.4 Å². The maximum atomic E-state index is 12.9. The van der Waals surface area contributed by atoms with Gasteiger partial charge in [-0.1, -0.05) is 12.1 Å². The number of aromatic nitrogens is 2. The van der Waals surface area contributed by atoms with Gasteiger partial charge in [0.2, 0.25) is 0 Å². The average molecular weight is 445 g/mol. The maximum absolute atomic E-state index is 12.9. The third-order valence-corrected chi connectivity index (χ3v) is 3.32. The number of hydrogen-bond donors (Lipinski definition) is 2. The molecule has 0 atom stereocenters. The second kappa shape index (κ2) is 11.0. The first-order chi connectivity index (χ1) is 11.2. The Balaban J connectivity index is 0.00000288. The molecule has 0 radical (unpaired) electrons. The molecule has 2 rings (SSSR count). The summed E-state index contributed by atoms with van der Waals surface area (Å²) in [5.41, 5.74) is 2.24. The van der Waals surface area contributed by atoms with Crippen LogP contribution >= 0.6 is 24.0 Å². The molecule has 2 aromatic rings. The van der Waals surface area contributed by atoms with Crippen LogP contribution in [0, 0.1) is 12.7 Å². The topological polar surface area (TPSA) is 54.2 Å². The van der Waals surface area contributed by atoms with E-state index < -0.39 is 0 Å². The van der Waals surface area contributed by atoms with Gasteiger partial charge in [-0.3, -0.25) is 9.67 Å². The van der Waals surface area contributed by atoms with E-state index in [9.17, 15) is 4.39 Å². The fourth-order valence-electron chi connectivity index (χ4n) is 2.17. The molecule has 24 heavy (non-hydrogen) atoms. The predicted molar refractivity (Wildman–Crippen MR) is 106 cm³/mol. The summed E-state index contributed by atoms with van der Waals surface area (Å²) in [6.07, 6.45) is 4.65. The van der Waals surface area contributed by atoms with Crippen molar-refractivity contribution in [1.82, 2.24) is 20.4 Å². The zero-order chi connectivity index (χ0) is 16.5. The molecule has 0 fully saturated rings. The lowest BCUT2D eigenvalue weighted by Crippen LogP contribution is -2.39. The van der Waals surface area contributed by atoms with Gasteiger partial charge >= 0.3 is 0 Å². The molecule has 7 heteroatoms. The molecule has 1 aromatic heterocycles. The zero-order valence-corrected chi connectivity index (χ0v) is 16.5. The standard InChI is InChI=1S/C17H24FN5.HI/c1-3-19-17(21-10-11-23-13-14(2)12-22-23)20-9-8-15-4-6-16(18)7-5-15;/h4-7,12-13H,3,8-11H2,1-2H3,(H2,19,20,21);1H. The van der Waals surface area contributed by atoms with Gasteiger partial charge in [0.1, 0.15) is 5.82 Å². The molecule has 1 aromatic carbocycles. The van der Waals surface area contributed by atoms with Crippen LogP contribution in [0.15, 0.2) is 41.7 Å². The van der Waals surface area contributed by atoms with Crippen LogP contribution < -0.4 is 10.6 Å². The van der Waals surface area contributed by atoms with Crippen molar-refractivity contribution in [3.63, 3.8) is 0 Å². The second-order valence-corrected chi connectivity index (χ2v) is 5.34. The average Bonchev–Trinajstić information content (AvgIpc) is 2.95. The van der Waals surface area contributed by atoms with Crippen molar-refractivity contribution < 1.29 is 4.39 Å². The summed E-state index contributed by atoms with van der Waals surface area (Å²) in [6.45, 7) is 7.07. The number of rotatable bonds is 7.